The van der Waals surface area contributed by atoms with Gasteiger partial charge < -0.3 is 14.9 Å². The molecule has 1 aromatic rings. The zero-order valence-corrected chi connectivity index (χ0v) is 10.8. The smallest absolute Gasteiger partial charge is 0.0934 e. The zero-order chi connectivity index (χ0) is 12.7. The van der Waals surface area contributed by atoms with Crippen molar-refractivity contribution >= 4 is 5.71 Å². The van der Waals surface area contributed by atoms with Gasteiger partial charge in [-0.05, 0) is 12.5 Å². The lowest BCUT2D eigenvalue weighted by Crippen LogP contribution is -2.35. The SMILES string of the molecule is COCC(C)(CC(=N)Cc1ccccc1)OC. The number of rotatable bonds is 7. The van der Waals surface area contributed by atoms with E-state index in [0.717, 1.165) is 5.56 Å². The van der Waals surface area contributed by atoms with E-state index in [2.05, 4.69) is 0 Å². The maximum atomic E-state index is 8.03. The monoisotopic (exact) mass is 235 g/mol. The van der Waals surface area contributed by atoms with Gasteiger partial charge in [0.25, 0.3) is 0 Å². The number of ether oxygens (including phenoxy) is 2. The first-order valence-corrected chi connectivity index (χ1v) is 5.74. The maximum absolute atomic E-state index is 8.03. The molecule has 3 nitrogen and oxygen atoms in total. The van der Waals surface area contributed by atoms with E-state index in [9.17, 15) is 0 Å². The summed E-state index contributed by atoms with van der Waals surface area (Å²) < 4.78 is 10.5. The number of nitrogens with one attached hydrogen (secondary N) is 1. The minimum Gasteiger partial charge on any atom is -0.382 e. The molecule has 0 heterocycles. The Morgan fingerprint density at radius 1 is 1.24 bits per heavy atom. The number of benzene rings is 1. The first kappa shape index (κ1) is 13.9. The molecule has 0 aliphatic rings. The molecule has 1 atom stereocenters. The van der Waals surface area contributed by atoms with Crippen molar-refractivity contribution in [2.45, 2.75) is 25.4 Å². The van der Waals surface area contributed by atoms with Crippen LogP contribution in [0, 0.1) is 5.41 Å². The van der Waals surface area contributed by atoms with E-state index in [1.165, 1.54) is 0 Å². The van der Waals surface area contributed by atoms with Crippen LogP contribution in [0.3, 0.4) is 0 Å². The summed E-state index contributed by atoms with van der Waals surface area (Å²) in [5, 5.41) is 8.03. The van der Waals surface area contributed by atoms with E-state index in [0.29, 0.717) is 25.2 Å². The van der Waals surface area contributed by atoms with E-state index in [4.69, 9.17) is 14.9 Å². The van der Waals surface area contributed by atoms with Gasteiger partial charge >= 0.3 is 0 Å². The summed E-state index contributed by atoms with van der Waals surface area (Å²) in [4.78, 5) is 0. The standard InChI is InChI=1S/C14H21NO2/c1-14(17-3,11-16-2)10-13(15)9-12-7-5-4-6-8-12/h4-8,15H,9-11H2,1-3H3. The highest BCUT2D eigenvalue weighted by Crippen LogP contribution is 2.17. The Hall–Kier alpha value is -1.19. The van der Waals surface area contributed by atoms with Crippen LogP contribution in [0.25, 0.3) is 0 Å². The summed E-state index contributed by atoms with van der Waals surface area (Å²) in [7, 11) is 3.31. The number of hydrogen-bond donors (Lipinski definition) is 1. The largest absolute Gasteiger partial charge is 0.382 e. The lowest BCUT2D eigenvalue weighted by molar-refractivity contribution is -0.0456. The van der Waals surface area contributed by atoms with Gasteiger partial charge in [0.2, 0.25) is 0 Å². The Labute approximate surface area is 103 Å². The van der Waals surface area contributed by atoms with Crippen LogP contribution < -0.4 is 0 Å². The summed E-state index contributed by atoms with van der Waals surface area (Å²) in [5.41, 5.74) is 1.42. The number of methoxy groups -OCH3 is 2. The average Bonchev–Trinajstić information content (AvgIpc) is 2.30. The Morgan fingerprint density at radius 2 is 1.88 bits per heavy atom. The summed E-state index contributed by atoms with van der Waals surface area (Å²) in [6.07, 6.45) is 1.26. The molecule has 0 radical (unpaired) electrons. The van der Waals surface area contributed by atoms with Crippen LogP contribution in [0.15, 0.2) is 30.3 Å². The molecule has 1 unspecified atom stereocenters. The van der Waals surface area contributed by atoms with Crippen molar-refractivity contribution in [3.8, 4) is 0 Å². The molecule has 94 valence electrons. The molecule has 0 saturated heterocycles. The summed E-state index contributed by atoms with van der Waals surface area (Å²) >= 11 is 0. The second-order valence-electron chi connectivity index (χ2n) is 4.53. The van der Waals surface area contributed by atoms with Crippen molar-refractivity contribution in [2.24, 2.45) is 0 Å². The third-order valence-electron chi connectivity index (χ3n) is 2.79. The molecule has 0 bridgehead atoms. The Balaban J connectivity index is 2.54. The Bertz CT molecular complexity index is 350. The van der Waals surface area contributed by atoms with Gasteiger partial charge in [0, 0.05) is 32.8 Å². The molecule has 0 spiro atoms. The molecule has 0 amide bonds. The second kappa shape index (κ2) is 6.52. The fourth-order valence-electron chi connectivity index (χ4n) is 1.84. The zero-order valence-electron chi connectivity index (χ0n) is 10.8. The van der Waals surface area contributed by atoms with Crippen LogP contribution in [-0.2, 0) is 15.9 Å². The first-order chi connectivity index (χ1) is 8.09. The van der Waals surface area contributed by atoms with Gasteiger partial charge in [0.15, 0.2) is 0 Å². The highest BCUT2D eigenvalue weighted by molar-refractivity contribution is 5.84. The fraction of sp³-hybridized carbons (Fsp3) is 0.500. The van der Waals surface area contributed by atoms with E-state index in [1.54, 1.807) is 14.2 Å². The second-order valence-corrected chi connectivity index (χ2v) is 4.53. The van der Waals surface area contributed by atoms with Crippen molar-refractivity contribution in [3.05, 3.63) is 35.9 Å². The molecule has 0 aromatic heterocycles. The molecule has 1 N–H and O–H groups in total. The van der Waals surface area contributed by atoms with Gasteiger partial charge in [-0.25, -0.2) is 0 Å². The third kappa shape index (κ3) is 4.67. The predicted molar refractivity (Wildman–Crippen MR) is 69.8 cm³/mol. The molecule has 0 saturated carbocycles. The van der Waals surface area contributed by atoms with E-state index >= 15 is 0 Å². The van der Waals surface area contributed by atoms with E-state index in [1.807, 2.05) is 37.3 Å². The maximum Gasteiger partial charge on any atom is 0.0934 e. The molecule has 17 heavy (non-hydrogen) atoms. The lowest BCUT2D eigenvalue weighted by atomic mass is 9.96. The average molecular weight is 235 g/mol. The van der Waals surface area contributed by atoms with Crippen molar-refractivity contribution in [3.63, 3.8) is 0 Å². The first-order valence-electron chi connectivity index (χ1n) is 5.74. The van der Waals surface area contributed by atoms with Gasteiger partial charge in [0.05, 0.1) is 12.2 Å². The van der Waals surface area contributed by atoms with Crippen LogP contribution in [0.4, 0.5) is 0 Å². The summed E-state index contributed by atoms with van der Waals surface area (Å²) in [6.45, 7) is 2.47. The Kier molecular flexibility index (Phi) is 5.32. The molecule has 3 heteroatoms. The number of hydrogen-bond acceptors (Lipinski definition) is 3. The van der Waals surface area contributed by atoms with E-state index < -0.39 is 5.60 Å². The van der Waals surface area contributed by atoms with Gasteiger partial charge in [-0.2, -0.15) is 0 Å². The molecule has 1 aromatic carbocycles. The molecular formula is C14H21NO2. The minimum absolute atomic E-state index is 0.402. The fourth-order valence-corrected chi connectivity index (χ4v) is 1.84. The van der Waals surface area contributed by atoms with Crippen LogP contribution in [0.2, 0.25) is 0 Å². The van der Waals surface area contributed by atoms with Gasteiger partial charge in [-0.15, -0.1) is 0 Å². The van der Waals surface area contributed by atoms with Crippen LogP contribution in [-0.4, -0.2) is 32.1 Å². The van der Waals surface area contributed by atoms with Crippen LogP contribution in [0.1, 0.15) is 18.9 Å². The van der Waals surface area contributed by atoms with Crippen molar-refractivity contribution in [1.29, 1.82) is 5.41 Å². The van der Waals surface area contributed by atoms with Crippen molar-refractivity contribution in [1.82, 2.24) is 0 Å². The van der Waals surface area contributed by atoms with Crippen LogP contribution >= 0.6 is 0 Å². The third-order valence-corrected chi connectivity index (χ3v) is 2.79. The van der Waals surface area contributed by atoms with Gasteiger partial charge in [-0.3, -0.25) is 0 Å². The normalized spacial score (nSPS) is 14.3. The van der Waals surface area contributed by atoms with Crippen molar-refractivity contribution < 1.29 is 9.47 Å². The molecular weight excluding hydrogens is 214 g/mol. The highest BCUT2D eigenvalue weighted by atomic mass is 16.5. The van der Waals surface area contributed by atoms with Crippen molar-refractivity contribution in [2.75, 3.05) is 20.8 Å². The van der Waals surface area contributed by atoms with E-state index in [-0.39, 0.29) is 0 Å². The van der Waals surface area contributed by atoms with Crippen LogP contribution in [0.5, 0.6) is 0 Å². The quantitative estimate of drug-likeness (QED) is 0.738. The molecule has 0 aliphatic heterocycles. The molecule has 0 fully saturated rings. The lowest BCUT2D eigenvalue weighted by Gasteiger charge is -2.27. The minimum atomic E-state index is -0.402. The topological polar surface area (TPSA) is 42.3 Å². The summed E-state index contributed by atoms with van der Waals surface area (Å²) in [5.74, 6) is 0. The summed E-state index contributed by atoms with van der Waals surface area (Å²) in [6, 6.07) is 10.0. The molecule has 0 aliphatic carbocycles. The molecule has 1 rings (SSSR count). The highest BCUT2D eigenvalue weighted by Gasteiger charge is 2.25. The van der Waals surface area contributed by atoms with Gasteiger partial charge in [-0.1, -0.05) is 30.3 Å². The predicted octanol–water partition coefficient (Wildman–Crippen LogP) is 2.69. The Morgan fingerprint density at radius 3 is 2.41 bits per heavy atom. The van der Waals surface area contributed by atoms with Gasteiger partial charge in [0.1, 0.15) is 0 Å².